The maximum atomic E-state index is 13.3. The van der Waals surface area contributed by atoms with Gasteiger partial charge in [0.15, 0.2) is 11.5 Å². The standard InChI is InChI=1S/C25H17NO4/c1-29-22-8-4-5-18(24(22)27)13-14-21-23(17-11-9-16(15-26)10-12-17)25(28)19-6-2-3-7-20(19)30-21/h2-14,27H,1H3. The molecule has 146 valence electrons. The van der Waals surface area contributed by atoms with Crippen molar-refractivity contribution in [2.24, 2.45) is 0 Å². The van der Waals surface area contributed by atoms with Crippen molar-refractivity contribution in [1.82, 2.24) is 0 Å². The van der Waals surface area contributed by atoms with Crippen LogP contribution in [0.2, 0.25) is 0 Å². The van der Waals surface area contributed by atoms with Gasteiger partial charge in [0.2, 0.25) is 5.43 Å². The molecule has 3 aromatic carbocycles. The topological polar surface area (TPSA) is 83.5 Å². The summed E-state index contributed by atoms with van der Waals surface area (Å²) in [5, 5.41) is 19.9. The van der Waals surface area contributed by atoms with Gasteiger partial charge in [-0.25, -0.2) is 0 Å². The second-order valence-electron chi connectivity index (χ2n) is 6.59. The Morgan fingerprint density at radius 3 is 2.50 bits per heavy atom. The zero-order chi connectivity index (χ0) is 21.1. The quantitative estimate of drug-likeness (QED) is 0.512. The van der Waals surface area contributed by atoms with E-state index in [4.69, 9.17) is 14.4 Å². The number of hydrogen-bond acceptors (Lipinski definition) is 5. The molecule has 0 aliphatic carbocycles. The van der Waals surface area contributed by atoms with Crippen molar-refractivity contribution in [3.05, 3.63) is 93.8 Å². The van der Waals surface area contributed by atoms with Gasteiger partial charge in [0.05, 0.1) is 29.7 Å². The molecule has 0 fully saturated rings. The van der Waals surface area contributed by atoms with Gasteiger partial charge in [-0.15, -0.1) is 0 Å². The minimum Gasteiger partial charge on any atom is -0.504 e. The van der Waals surface area contributed by atoms with Crippen LogP contribution in [0.5, 0.6) is 11.5 Å². The lowest BCUT2D eigenvalue weighted by molar-refractivity contribution is 0.373. The number of fused-ring (bicyclic) bond motifs is 1. The van der Waals surface area contributed by atoms with Gasteiger partial charge in [-0.1, -0.05) is 36.4 Å². The summed E-state index contributed by atoms with van der Waals surface area (Å²) in [5.74, 6) is 0.703. The lowest BCUT2D eigenvalue weighted by atomic mass is 10.00. The maximum absolute atomic E-state index is 13.3. The van der Waals surface area contributed by atoms with Crippen molar-refractivity contribution in [3.63, 3.8) is 0 Å². The number of benzene rings is 3. The molecule has 30 heavy (non-hydrogen) atoms. The van der Waals surface area contributed by atoms with E-state index in [1.54, 1.807) is 78.9 Å². The Morgan fingerprint density at radius 2 is 1.77 bits per heavy atom. The molecule has 0 spiro atoms. The van der Waals surface area contributed by atoms with Crippen LogP contribution in [0.3, 0.4) is 0 Å². The molecule has 4 rings (SSSR count). The summed E-state index contributed by atoms with van der Waals surface area (Å²) in [4.78, 5) is 13.3. The average molecular weight is 395 g/mol. The van der Waals surface area contributed by atoms with E-state index < -0.39 is 0 Å². The monoisotopic (exact) mass is 395 g/mol. The normalized spacial score (nSPS) is 10.9. The molecule has 0 amide bonds. The van der Waals surface area contributed by atoms with Crippen molar-refractivity contribution in [2.75, 3.05) is 7.11 Å². The van der Waals surface area contributed by atoms with Crippen molar-refractivity contribution in [2.45, 2.75) is 0 Å². The first-order valence-electron chi connectivity index (χ1n) is 9.23. The number of nitrogens with zero attached hydrogens (tertiary/aromatic N) is 1. The number of methoxy groups -OCH3 is 1. The third-order valence-electron chi connectivity index (χ3n) is 4.79. The minimum absolute atomic E-state index is 0.000640. The van der Waals surface area contributed by atoms with Crippen LogP contribution in [0, 0.1) is 11.3 Å². The number of nitriles is 1. The molecule has 0 saturated carbocycles. The minimum atomic E-state index is -0.170. The van der Waals surface area contributed by atoms with Gasteiger partial charge >= 0.3 is 0 Å². The summed E-state index contributed by atoms with van der Waals surface area (Å²) < 4.78 is 11.2. The van der Waals surface area contributed by atoms with Gasteiger partial charge in [-0.3, -0.25) is 4.79 Å². The predicted octanol–water partition coefficient (Wildman–Crippen LogP) is 5.22. The van der Waals surface area contributed by atoms with E-state index in [9.17, 15) is 9.90 Å². The molecule has 0 aliphatic heterocycles. The first kappa shape index (κ1) is 19.0. The van der Waals surface area contributed by atoms with Crippen molar-refractivity contribution >= 4 is 23.1 Å². The zero-order valence-corrected chi connectivity index (χ0v) is 16.1. The number of hydrogen-bond donors (Lipinski definition) is 1. The Morgan fingerprint density at radius 1 is 1.00 bits per heavy atom. The molecule has 0 aliphatic rings. The molecule has 5 nitrogen and oxygen atoms in total. The van der Waals surface area contributed by atoms with Gasteiger partial charge in [-0.05, 0) is 48.0 Å². The SMILES string of the molecule is COc1cccc(C=Cc2oc3ccccc3c(=O)c2-c2ccc(C#N)cc2)c1O. The Kier molecular flexibility index (Phi) is 5.06. The average Bonchev–Trinajstić information content (AvgIpc) is 2.79. The first-order chi connectivity index (χ1) is 14.6. The van der Waals surface area contributed by atoms with E-state index in [0.29, 0.717) is 44.7 Å². The number of phenolic OH excluding ortho intramolecular Hbond substituents is 1. The molecule has 5 heteroatoms. The molecule has 0 atom stereocenters. The Hall–Kier alpha value is -4.30. The Bertz CT molecular complexity index is 1360. The second-order valence-corrected chi connectivity index (χ2v) is 6.59. The predicted molar refractivity (Wildman–Crippen MR) is 116 cm³/mol. The summed E-state index contributed by atoms with van der Waals surface area (Å²) >= 11 is 0. The van der Waals surface area contributed by atoms with Crippen molar-refractivity contribution in [3.8, 4) is 28.7 Å². The summed E-state index contributed by atoms with van der Waals surface area (Å²) in [6.45, 7) is 0. The fourth-order valence-electron chi connectivity index (χ4n) is 3.27. The molecular weight excluding hydrogens is 378 g/mol. The smallest absolute Gasteiger partial charge is 0.201 e. The van der Waals surface area contributed by atoms with Gasteiger partial charge in [0, 0.05) is 5.56 Å². The third-order valence-corrected chi connectivity index (χ3v) is 4.79. The van der Waals surface area contributed by atoms with Gasteiger partial charge in [0.25, 0.3) is 0 Å². The molecule has 0 saturated heterocycles. The summed E-state index contributed by atoms with van der Waals surface area (Å²) in [5.41, 5.74) is 2.35. The Balaban J connectivity index is 1.92. The van der Waals surface area contributed by atoms with E-state index in [0.717, 1.165) is 0 Å². The first-order valence-corrected chi connectivity index (χ1v) is 9.23. The van der Waals surface area contributed by atoms with Crippen LogP contribution in [0.25, 0.3) is 34.2 Å². The van der Waals surface area contributed by atoms with Crippen LogP contribution >= 0.6 is 0 Å². The molecule has 4 aromatic rings. The van der Waals surface area contributed by atoms with E-state index in [1.165, 1.54) is 7.11 Å². The van der Waals surface area contributed by atoms with Gasteiger partial charge < -0.3 is 14.3 Å². The highest BCUT2D eigenvalue weighted by molar-refractivity contribution is 5.87. The molecule has 1 heterocycles. The van der Waals surface area contributed by atoms with E-state index in [1.807, 2.05) is 0 Å². The highest BCUT2D eigenvalue weighted by atomic mass is 16.5. The fourth-order valence-corrected chi connectivity index (χ4v) is 3.27. The van der Waals surface area contributed by atoms with Crippen LogP contribution < -0.4 is 10.2 Å². The number of rotatable bonds is 4. The second kappa shape index (κ2) is 7.98. The van der Waals surface area contributed by atoms with Crippen LogP contribution in [0.15, 0.2) is 75.9 Å². The Labute approximate surface area is 172 Å². The summed E-state index contributed by atoms with van der Waals surface area (Å²) in [7, 11) is 1.48. The van der Waals surface area contributed by atoms with Crippen LogP contribution in [0.4, 0.5) is 0 Å². The summed E-state index contributed by atoms with van der Waals surface area (Å²) in [6.07, 6.45) is 3.31. The fraction of sp³-hybridized carbons (Fsp3) is 0.0400. The van der Waals surface area contributed by atoms with E-state index in [-0.39, 0.29) is 11.2 Å². The molecular formula is C25H17NO4. The lowest BCUT2D eigenvalue weighted by Gasteiger charge is -2.08. The van der Waals surface area contributed by atoms with Gasteiger partial charge in [-0.2, -0.15) is 5.26 Å². The van der Waals surface area contributed by atoms with Crippen molar-refractivity contribution in [1.29, 1.82) is 5.26 Å². The zero-order valence-electron chi connectivity index (χ0n) is 16.1. The number of aromatic hydroxyl groups is 1. The van der Waals surface area contributed by atoms with Gasteiger partial charge in [0.1, 0.15) is 11.3 Å². The highest BCUT2D eigenvalue weighted by Crippen LogP contribution is 2.32. The maximum Gasteiger partial charge on any atom is 0.201 e. The molecule has 0 bridgehead atoms. The molecule has 0 unspecified atom stereocenters. The largest absolute Gasteiger partial charge is 0.504 e. The van der Waals surface area contributed by atoms with Crippen LogP contribution in [-0.4, -0.2) is 12.2 Å². The van der Waals surface area contributed by atoms with E-state index in [2.05, 4.69) is 6.07 Å². The summed E-state index contributed by atoms with van der Waals surface area (Å²) in [6, 6.07) is 21.0. The molecule has 1 N–H and O–H groups in total. The number of para-hydroxylation sites is 2. The number of ether oxygens (including phenoxy) is 1. The van der Waals surface area contributed by atoms with Crippen LogP contribution in [0.1, 0.15) is 16.9 Å². The molecule has 1 aromatic heterocycles. The number of phenols is 1. The van der Waals surface area contributed by atoms with E-state index >= 15 is 0 Å². The highest BCUT2D eigenvalue weighted by Gasteiger charge is 2.15. The third kappa shape index (κ3) is 3.43. The van der Waals surface area contributed by atoms with Crippen LogP contribution in [-0.2, 0) is 0 Å². The molecule has 0 radical (unpaired) electrons. The van der Waals surface area contributed by atoms with Crippen molar-refractivity contribution < 1.29 is 14.3 Å². The lowest BCUT2D eigenvalue weighted by Crippen LogP contribution is -2.07.